The van der Waals surface area contributed by atoms with E-state index in [1.165, 1.54) is 6.42 Å². The van der Waals surface area contributed by atoms with E-state index < -0.39 is 0 Å². The highest BCUT2D eigenvalue weighted by Gasteiger charge is 2.44. The van der Waals surface area contributed by atoms with Crippen molar-refractivity contribution in [3.8, 4) is 0 Å². The summed E-state index contributed by atoms with van der Waals surface area (Å²) < 4.78 is 5.33. The molecule has 1 saturated heterocycles. The third-order valence-electron chi connectivity index (χ3n) is 4.15. The predicted molar refractivity (Wildman–Crippen MR) is 54.9 cm³/mol. The number of hydrogen-bond acceptors (Lipinski definition) is 3. The first-order valence-electron chi connectivity index (χ1n) is 5.73. The van der Waals surface area contributed by atoms with E-state index in [1.807, 2.05) is 0 Å². The molecule has 0 aromatic carbocycles. The highest BCUT2D eigenvalue weighted by molar-refractivity contribution is 4.98. The average molecular weight is 199 g/mol. The fourth-order valence-electron chi connectivity index (χ4n) is 2.80. The van der Waals surface area contributed by atoms with Gasteiger partial charge in [0.15, 0.2) is 0 Å². The number of aliphatic hydroxyl groups is 1. The third-order valence-corrected chi connectivity index (χ3v) is 4.15. The van der Waals surface area contributed by atoms with Gasteiger partial charge < -0.3 is 15.6 Å². The molecule has 14 heavy (non-hydrogen) atoms. The van der Waals surface area contributed by atoms with E-state index in [0.29, 0.717) is 5.92 Å². The Labute approximate surface area is 85.6 Å². The SMILES string of the molecule is N[C@H](C1CCOCC1)C1(CO)CCC1. The maximum Gasteiger partial charge on any atom is 0.0502 e. The maximum absolute atomic E-state index is 9.43. The van der Waals surface area contributed by atoms with E-state index in [2.05, 4.69) is 0 Å². The minimum absolute atomic E-state index is 0.0575. The third kappa shape index (κ3) is 1.69. The Morgan fingerprint density at radius 1 is 1.36 bits per heavy atom. The van der Waals surface area contributed by atoms with Crippen LogP contribution in [-0.4, -0.2) is 31.0 Å². The van der Waals surface area contributed by atoms with E-state index in [4.69, 9.17) is 10.5 Å². The van der Waals surface area contributed by atoms with Crippen molar-refractivity contribution < 1.29 is 9.84 Å². The molecule has 3 heteroatoms. The molecule has 0 aromatic rings. The van der Waals surface area contributed by atoms with Gasteiger partial charge in [-0.2, -0.15) is 0 Å². The van der Waals surface area contributed by atoms with Crippen molar-refractivity contribution in [2.24, 2.45) is 17.1 Å². The van der Waals surface area contributed by atoms with Gasteiger partial charge in [-0.25, -0.2) is 0 Å². The van der Waals surface area contributed by atoms with Gasteiger partial charge in [0.05, 0.1) is 6.61 Å². The Balaban J connectivity index is 1.94. The molecule has 0 unspecified atom stereocenters. The van der Waals surface area contributed by atoms with Crippen LogP contribution in [0.25, 0.3) is 0 Å². The van der Waals surface area contributed by atoms with Crippen molar-refractivity contribution >= 4 is 0 Å². The molecule has 2 aliphatic rings. The van der Waals surface area contributed by atoms with Crippen LogP contribution in [0.4, 0.5) is 0 Å². The van der Waals surface area contributed by atoms with Crippen LogP contribution >= 0.6 is 0 Å². The van der Waals surface area contributed by atoms with Crippen molar-refractivity contribution in [1.29, 1.82) is 0 Å². The minimum Gasteiger partial charge on any atom is -0.396 e. The number of ether oxygens (including phenoxy) is 1. The fraction of sp³-hybridized carbons (Fsp3) is 1.00. The van der Waals surface area contributed by atoms with E-state index in [-0.39, 0.29) is 18.1 Å². The predicted octanol–water partition coefficient (Wildman–Crippen LogP) is 0.903. The van der Waals surface area contributed by atoms with Gasteiger partial charge in [-0.15, -0.1) is 0 Å². The average Bonchev–Trinajstić information content (AvgIpc) is 2.18. The first-order chi connectivity index (χ1) is 6.78. The fourth-order valence-corrected chi connectivity index (χ4v) is 2.80. The van der Waals surface area contributed by atoms with E-state index >= 15 is 0 Å². The Bertz CT molecular complexity index is 180. The van der Waals surface area contributed by atoms with Crippen molar-refractivity contribution in [2.45, 2.75) is 38.1 Å². The number of rotatable bonds is 3. The second-order valence-electron chi connectivity index (χ2n) is 4.85. The summed E-state index contributed by atoms with van der Waals surface area (Å²) in [5.41, 5.74) is 6.34. The van der Waals surface area contributed by atoms with Gasteiger partial charge in [0.25, 0.3) is 0 Å². The molecule has 2 rings (SSSR count). The van der Waals surface area contributed by atoms with Crippen LogP contribution in [0.5, 0.6) is 0 Å². The lowest BCUT2D eigenvalue weighted by molar-refractivity contribution is -0.0272. The molecule has 0 amide bonds. The van der Waals surface area contributed by atoms with Crippen molar-refractivity contribution in [3.05, 3.63) is 0 Å². The summed E-state index contributed by atoms with van der Waals surface area (Å²) in [5, 5.41) is 9.43. The molecule has 0 spiro atoms. The molecule has 1 aliphatic heterocycles. The van der Waals surface area contributed by atoms with Crippen LogP contribution in [0.2, 0.25) is 0 Å². The summed E-state index contributed by atoms with van der Waals surface area (Å²) in [5.74, 6) is 0.566. The van der Waals surface area contributed by atoms with Gasteiger partial charge in [0, 0.05) is 24.7 Å². The first kappa shape index (κ1) is 10.4. The first-order valence-corrected chi connectivity index (χ1v) is 5.73. The molecule has 0 aromatic heterocycles. The lowest BCUT2D eigenvalue weighted by atomic mass is 9.61. The second kappa shape index (κ2) is 4.17. The zero-order valence-corrected chi connectivity index (χ0v) is 8.74. The minimum atomic E-state index is 0.0575. The van der Waals surface area contributed by atoms with Crippen molar-refractivity contribution in [2.75, 3.05) is 19.8 Å². The van der Waals surface area contributed by atoms with Gasteiger partial charge >= 0.3 is 0 Å². The van der Waals surface area contributed by atoms with Crippen LogP contribution in [0.3, 0.4) is 0 Å². The summed E-state index contributed by atoms with van der Waals surface area (Å²) in [6.07, 6.45) is 5.60. The highest BCUT2D eigenvalue weighted by atomic mass is 16.5. The largest absolute Gasteiger partial charge is 0.396 e. The van der Waals surface area contributed by atoms with E-state index in [9.17, 15) is 5.11 Å². The van der Waals surface area contributed by atoms with Gasteiger partial charge in [0.1, 0.15) is 0 Å². The summed E-state index contributed by atoms with van der Waals surface area (Å²) in [7, 11) is 0. The number of aliphatic hydroxyl groups excluding tert-OH is 1. The zero-order chi connectivity index (χ0) is 10.0. The molecule has 0 bridgehead atoms. The van der Waals surface area contributed by atoms with Crippen molar-refractivity contribution in [3.63, 3.8) is 0 Å². The maximum atomic E-state index is 9.43. The molecule has 82 valence electrons. The molecule has 0 radical (unpaired) electrons. The Morgan fingerprint density at radius 3 is 2.43 bits per heavy atom. The molecule has 1 atom stereocenters. The van der Waals surface area contributed by atoms with Crippen LogP contribution in [0.1, 0.15) is 32.1 Å². The Kier molecular flexibility index (Phi) is 3.10. The molecule has 1 aliphatic carbocycles. The summed E-state index contributed by atoms with van der Waals surface area (Å²) in [6.45, 7) is 1.96. The van der Waals surface area contributed by atoms with Crippen LogP contribution in [0.15, 0.2) is 0 Å². The van der Waals surface area contributed by atoms with Crippen LogP contribution in [-0.2, 0) is 4.74 Å². The summed E-state index contributed by atoms with van der Waals surface area (Å²) in [4.78, 5) is 0. The van der Waals surface area contributed by atoms with Gasteiger partial charge in [-0.1, -0.05) is 6.42 Å². The molecular formula is C11H21NO2. The number of nitrogens with two attached hydrogens (primary N) is 1. The molecule has 3 N–H and O–H groups in total. The van der Waals surface area contributed by atoms with E-state index in [1.54, 1.807) is 0 Å². The molecule has 1 heterocycles. The second-order valence-corrected chi connectivity index (χ2v) is 4.85. The summed E-state index contributed by atoms with van der Waals surface area (Å²) >= 11 is 0. The topological polar surface area (TPSA) is 55.5 Å². The Hall–Kier alpha value is -0.120. The standard InChI is InChI=1S/C11H21NO2/c12-10(9-2-6-14-7-3-9)11(8-13)4-1-5-11/h9-10,13H,1-8,12H2/t10-/m1/s1. The monoisotopic (exact) mass is 199 g/mol. The van der Waals surface area contributed by atoms with Gasteiger partial charge in [-0.3, -0.25) is 0 Å². The highest BCUT2D eigenvalue weighted by Crippen LogP contribution is 2.46. The molecule has 2 fully saturated rings. The summed E-state index contributed by atoms with van der Waals surface area (Å²) in [6, 6.07) is 0.185. The molecule has 3 nitrogen and oxygen atoms in total. The van der Waals surface area contributed by atoms with Crippen LogP contribution < -0.4 is 5.73 Å². The molecule has 1 saturated carbocycles. The molecular weight excluding hydrogens is 178 g/mol. The lowest BCUT2D eigenvalue weighted by Crippen LogP contribution is -2.54. The van der Waals surface area contributed by atoms with E-state index in [0.717, 1.165) is 38.9 Å². The number of hydrogen-bond donors (Lipinski definition) is 2. The van der Waals surface area contributed by atoms with Crippen LogP contribution in [0, 0.1) is 11.3 Å². The normalized spacial score (nSPS) is 29.6. The van der Waals surface area contributed by atoms with Gasteiger partial charge in [-0.05, 0) is 31.6 Å². The zero-order valence-electron chi connectivity index (χ0n) is 8.74. The Morgan fingerprint density at radius 2 is 2.00 bits per heavy atom. The quantitative estimate of drug-likeness (QED) is 0.710. The smallest absolute Gasteiger partial charge is 0.0502 e. The van der Waals surface area contributed by atoms with Crippen molar-refractivity contribution in [1.82, 2.24) is 0 Å². The van der Waals surface area contributed by atoms with Gasteiger partial charge in [0.2, 0.25) is 0 Å². The lowest BCUT2D eigenvalue weighted by Gasteiger charge is -2.48.